The maximum atomic E-state index is 11.6. The van der Waals surface area contributed by atoms with Crippen LogP contribution in [0.15, 0.2) is 11.6 Å². The van der Waals surface area contributed by atoms with Gasteiger partial charge in [0.2, 0.25) is 6.54 Å². The van der Waals surface area contributed by atoms with E-state index in [0.29, 0.717) is 6.42 Å². The van der Waals surface area contributed by atoms with Crippen LogP contribution in [0.25, 0.3) is 0 Å². The first-order valence-corrected chi connectivity index (χ1v) is 5.73. The lowest BCUT2D eigenvalue weighted by molar-refractivity contribution is -0.478. The molecule has 1 atom stereocenters. The molecule has 0 bridgehead atoms. The fourth-order valence-corrected chi connectivity index (χ4v) is 2.40. The van der Waals surface area contributed by atoms with Crippen LogP contribution in [0.3, 0.4) is 0 Å². The van der Waals surface area contributed by atoms with Crippen LogP contribution in [0.5, 0.6) is 0 Å². The molecule has 0 aromatic carbocycles. The van der Waals surface area contributed by atoms with Gasteiger partial charge in [-0.1, -0.05) is 18.6 Å². The summed E-state index contributed by atoms with van der Waals surface area (Å²) >= 11 is 0. The number of carbonyl (C=O) groups excluding carboxylic acids is 1. The molecule has 0 heterocycles. The summed E-state index contributed by atoms with van der Waals surface area (Å²) in [5.74, 6) is 0.00477. The quantitative estimate of drug-likeness (QED) is 0.410. The number of allylic oxidation sites excluding steroid dienone is 2. The first kappa shape index (κ1) is 12.9. The van der Waals surface area contributed by atoms with Crippen molar-refractivity contribution in [3.05, 3.63) is 21.8 Å². The number of nitrogens with zero attached hydrogens (tertiary/aromatic N) is 1. The molecule has 1 rings (SSSR count). The van der Waals surface area contributed by atoms with Crippen molar-refractivity contribution in [2.45, 2.75) is 46.0 Å². The van der Waals surface area contributed by atoms with Crippen molar-refractivity contribution >= 4 is 5.78 Å². The average molecular weight is 225 g/mol. The van der Waals surface area contributed by atoms with E-state index >= 15 is 0 Å². The Morgan fingerprint density at radius 1 is 1.62 bits per heavy atom. The van der Waals surface area contributed by atoms with Crippen molar-refractivity contribution in [3.63, 3.8) is 0 Å². The summed E-state index contributed by atoms with van der Waals surface area (Å²) in [5.41, 5.74) is 1.26. The van der Waals surface area contributed by atoms with Crippen LogP contribution in [-0.4, -0.2) is 17.3 Å². The van der Waals surface area contributed by atoms with E-state index in [9.17, 15) is 14.9 Å². The lowest BCUT2D eigenvalue weighted by atomic mass is 9.74. The summed E-state index contributed by atoms with van der Waals surface area (Å²) in [6, 6.07) is 0. The summed E-state index contributed by atoms with van der Waals surface area (Å²) < 4.78 is 0. The second-order valence-electron chi connectivity index (χ2n) is 5.02. The molecular formula is C12H19NO3. The minimum atomic E-state index is -0.428. The Hall–Kier alpha value is -1.19. The van der Waals surface area contributed by atoms with Crippen molar-refractivity contribution in [1.82, 2.24) is 0 Å². The fourth-order valence-electron chi connectivity index (χ4n) is 2.40. The Labute approximate surface area is 95.9 Å². The number of ketones is 1. The van der Waals surface area contributed by atoms with Gasteiger partial charge in [-0.25, -0.2) is 0 Å². The topological polar surface area (TPSA) is 60.2 Å². The Kier molecular flexibility index (Phi) is 4.21. The molecule has 1 aliphatic carbocycles. The molecule has 90 valence electrons. The van der Waals surface area contributed by atoms with Gasteiger partial charge in [0.15, 0.2) is 0 Å². The fraction of sp³-hybridized carbons (Fsp3) is 0.750. The molecule has 0 aromatic heterocycles. The normalized spacial score (nSPS) is 25.0. The van der Waals surface area contributed by atoms with Gasteiger partial charge >= 0.3 is 0 Å². The predicted molar refractivity (Wildman–Crippen MR) is 61.8 cm³/mol. The number of Topliss-reactive ketones (excluding diaryl/α,β-unsaturated/α-hetero) is 1. The molecule has 0 aliphatic heterocycles. The van der Waals surface area contributed by atoms with Crippen molar-refractivity contribution in [2.75, 3.05) is 6.54 Å². The Morgan fingerprint density at radius 2 is 2.31 bits per heavy atom. The molecule has 0 aromatic rings. The van der Waals surface area contributed by atoms with Crippen LogP contribution >= 0.6 is 0 Å². The van der Waals surface area contributed by atoms with Gasteiger partial charge in [0.25, 0.3) is 0 Å². The molecule has 0 saturated carbocycles. The van der Waals surface area contributed by atoms with Gasteiger partial charge in [-0.2, -0.15) is 0 Å². The molecule has 16 heavy (non-hydrogen) atoms. The van der Waals surface area contributed by atoms with E-state index in [1.54, 1.807) is 0 Å². The Bertz CT molecular complexity index is 322. The van der Waals surface area contributed by atoms with Gasteiger partial charge in [0, 0.05) is 11.3 Å². The van der Waals surface area contributed by atoms with Crippen LogP contribution in [0.4, 0.5) is 0 Å². The monoisotopic (exact) mass is 225 g/mol. The van der Waals surface area contributed by atoms with Gasteiger partial charge in [-0.3, -0.25) is 14.9 Å². The molecule has 0 saturated heterocycles. The average Bonchev–Trinajstić information content (AvgIpc) is 2.13. The number of hydrogen-bond donors (Lipinski definition) is 0. The zero-order chi connectivity index (χ0) is 12.2. The summed E-state index contributed by atoms with van der Waals surface area (Å²) in [7, 11) is 0. The molecule has 0 fully saturated rings. The van der Waals surface area contributed by atoms with Gasteiger partial charge in [0.05, 0.1) is 6.42 Å². The molecule has 4 nitrogen and oxygen atoms in total. The molecular weight excluding hydrogens is 206 g/mol. The zero-order valence-electron chi connectivity index (χ0n) is 9.99. The predicted octanol–water partition coefficient (Wildman–Crippen LogP) is 2.75. The number of nitro groups is 1. The van der Waals surface area contributed by atoms with E-state index < -0.39 is 4.92 Å². The minimum Gasteiger partial charge on any atom is -0.299 e. The van der Waals surface area contributed by atoms with Gasteiger partial charge in [-0.15, -0.1) is 0 Å². The van der Waals surface area contributed by atoms with E-state index in [-0.39, 0.29) is 24.2 Å². The van der Waals surface area contributed by atoms with Crippen LogP contribution in [-0.2, 0) is 4.79 Å². The van der Waals surface area contributed by atoms with E-state index in [2.05, 4.69) is 19.9 Å². The molecule has 1 unspecified atom stereocenters. The van der Waals surface area contributed by atoms with Crippen LogP contribution in [0.2, 0.25) is 0 Å². The lowest BCUT2D eigenvalue weighted by Gasteiger charge is -2.30. The Morgan fingerprint density at radius 3 is 2.88 bits per heavy atom. The highest BCUT2D eigenvalue weighted by atomic mass is 16.6. The minimum absolute atomic E-state index is 0.00477. The molecule has 0 spiro atoms. The highest BCUT2D eigenvalue weighted by Gasteiger charge is 2.27. The van der Waals surface area contributed by atoms with Crippen molar-refractivity contribution < 1.29 is 9.72 Å². The molecule has 0 N–H and O–H groups in total. The summed E-state index contributed by atoms with van der Waals surface area (Å²) in [5, 5.41) is 10.2. The molecule has 0 radical (unpaired) electrons. The standard InChI is InChI=1S/C12H19NO3/c1-10-4-3-6-12(2,8-10)9-11(14)5-7-13(15)16/h8H,3-7,9H2,1-2H3. The SMILES string of the molecule is CC1=CC(C)(CC(=O)CC[N+](=O)[O-])CCC1. The summed E-state index contributed by atoms with van der Waals surface area (Å²) in [4.78, 5) is 21.3. The number of carbonyl (C=O) groups is 1. The third kappa shape index (κ3) is 4.13. The van der Waals surface area contributed by atoms with E-state index in [0.717, 1.165) is 19.3 Å². The van der Waals surface area contributed by atoms with E-state index in [4.69, 9.17) is 0 Å². The highest BCUT2D eigenvalue weighted by molar-refractivity contribution is 5.79. The second kappa shape index (κ2) is 5.23. The van der Waals surface area contributed by atoms with Gasteiger partial charge < -0.3 is 0 Å². The number of rotatable bonds is 5. The van der Waals surface area contributed by atoms with Crippen molar-refractivity contribution in [2.24, 2.45) is 5.41 Å². The maximum absolute atomic E-state index is 11.6. The van der Waals surface area contributed by atoms with Crippen molar-refractivity contribution in [1.29, 1.82) is 0 Å². The summed E-state index contributed by atoms with van der Waals surface area (Å²) in [6.07, 6.45) is 5.91. The van der Waals surface area contributed by atoms with Crippen molar-refractivity contribution in [3.8, 4) is 0 Å². The second-order valence-corrected chi connectivity index (χ2v) is 5.02. The Balaban J connectivity index is 2.49. The number of hydrogen-bond acceptors (Lipinski definition) is 3. The first-order valence-electron chi connectivity index (χ1n) is 5.73. The van der Waals surface area contributed by atoms with Crippen LogP contribution < -0.4 is 0 Å². The van der Waals surface area contributed by atoms with E-state index in [1.165, 1.54) is 5.57 Å². The third-order valence-electron chi connectivity index (χ3n) is 3.09. The highest BCUT2D eigenvalue weighted by Crippen LogP contribution is 2.36. The maximum Gasteiger partial charge on any atom is 0.210 e. The zero-order valence-corrected chi connectivity index (χ0v) is 9.99. The van der Waals surface area contributed by atoms with Gasteiger partial charge in [-0.05, 0) is 31.6 Å². The van der Waals surface area contributed by atoms with Gasteiger partial charge in [0.1, 0.15) is 5.78 Å². The third-order valence-corrected chi connectivity index (χ3v) is 3.09. The first-order chi connectivity index (χ1) is 7.41. The molecule has 0 amide bonds. The molecule has 4 heteroatoms. The smallest absolute Gasteiger partial charge is 0.210 e. The molecule has 1 aliphatic rings. The largest absolute Gasteiger partial charge is 0.299 e. The summed E-state index contributed by atoms with van der Waals surface area (Å²) in [6.45, 7) is 3.91. The van der Waals surface area contributed by atoms with E-state index in [1.807, 2.05) is 0 Å². The van der Waals surface area contributed by atoms with Crippen LogP contribution in [0, 0.1) is 15.5 Å². The lowest BCUT2D eigenvalue weighted by Crippen LogP contribution is -2.22. The van der Waals surface area contributed by atoms with Crippen LogP contribution in [0.1, 0.15) is 46.0 Å².